The number of nitrogens with zero attached hydrogens (tertiary/aromatic N) is 3. The van der Waals surface area contributed by atoms with E-state index in [0.29, 0.717) is 36.0 Å². The Hall–Kier alpha value is -2.74. The SMILES string of the molecule is O=C(CN(Cc1cccc(Cl)c1)c1ccccn1)c1ccc(S(=O)(=O)N2CCCCC2)cc1. The maximum Gasteiger partial charge on any atom is 0.243 e. The fourth-order valence-electron chi connectivity index (χ4n) is 3.95. The van der Waals surface area contributed by atoms with Gasteiger partial charge in [-0.3, -0.25) is 4.79 Å². The molecule has 33 heavy (non-hydrogen) atoms. The number of hydrogen-bond acceptors (Lipinski definition) is 5. The topological polar surface area (TPSA) is 70.6 Å². The van der Waals surface area contributed by atoms with E-state index >= 15 is 0 Å². The van der Waals surface area contributed by atoms with Crippen molar-refractivity contribution in [2.24, 2.45) is 0 Å². The van der Waals surface area contributed by atoms with E-state index in [4.69, 9.17) is 11.6 Å². The maximum atomic E-state index is 13.1. The Labute approximate surface area is 199 Å². The van der Waals surface area contributed by atoms with Crippen LogP contribution in [0.15, 0.2) is 77.8 Å². The van der Waals surface area contributed by atoms with Gasteiger partial charge in [0.05, 0.1) is 11.4 Å². The Morgan fingerprint density at radius 1 is 0.970 bits per heavy atom. The minimum atomic E-state index is -3.53. The molecule has 1 fully saturated rings. The van der Waals surface area contributed by atoms with Crippen LogP contribution in [0.3, 0.4) is 0 Å². The highest BCUT2D eigenvalue weighted by molar-refractivity contribution is 7.89. The summed E-state index contributed by atoms with van der Waals surface area (Å²) in [5.41, 5.74) is 1.42. The molecular formula is C25H26ClN3O3S. The van der Waals surface area contributed by atoms with Crippen molar-refractivity contribution in [2.45, 2.75) is 30.7 Å². The van der Waals surface area contributed by atoms with Crippen molar-refractivity contribution in [3.05, 3.63) is 89.1 Å². The standard InChI is InChI=1S/C25H26ClN3O3S/c26-22-8-6-7-20(17-22)18-28(25-9-2-3-14-27-25)19-24(30)21-10-12-23(13-11-21)33(31,32)29-15-4-1-5-16-29/h2-3,6-14,17H,1,4-5,15-16,18-19H2. The quantitative estimate of drug-likeness (QED) is 0.430. The largest absolute Gasteiger partial charge is 0.345 e. The van der Waals surface area contributed by atoms with E-state index in [0.717, 1.165) is 24.8 Å². The molecule has 2 heterocycles. The Morgan fingerprint density at radius 3 is 2.39 bits per heavy atom. The van der Waals surface area contributed by atoms with E-state index in [1.165, 1.54) is 16.4 Å². The van der Waals surface area contributed by atoms with Crippen LogP contribution >= 0.6 is 11.6 Å². The molecule has 1 aliphatic heterocycles. The van der Waals surface area contributed by atoms with E-state index in [1.807, 2.05) is 41.3 Å². The molecule has 0 saturated carbocycles. The Bertz CT molecular complexity index is 1200. The van der Waals surface area contributed by atoms with Gasteiger partial charge < -0.3 is 4.90 Å². The first-order chi connectivity index (χ1) is 15.9. The second-order valence-electron chi connectivity index (χ2n) is 8.09. The molecule has 0 radical (unpaired) electrons. The van der Waals surface area contributed by atoms with Crippen LogP contribution in [0.1, 0.15) is 35.2 Å². The highest BCUT2D eigenvalue weighted by atomic mass is 35.5. The fraction of sp³-hybridized carbons (Fsp3) is 0.280. The molecule has 0 atom stereocenters. The number of sulfonamides is 1. The molecule has 6 nitrogen and oxygen atoms in total. The Kier molecular flexibility index (Phi) is 7.42. The van der Waals surface area contributed by atoms with Gasteiger partial charge >= 0.3 is 0 Å². The smallest absolute Gasteiger partial charge is 0.243 e. The number of Topliss-reactive ketones (excluding diaryl/α,β-unsaturated/α-hetero) is 1. The Morgan fingerprint density at radius 2 is 1.73 bits per heavy atom. The van der Waals surface area contributed by atoms with Gasteiger partial charge in [0.1, 0.15) is 5.82 Å². The van der Waals surface area contributed by atoms with Crippen molar-refractivity contribution in [3.8, 4) is 0 Å². The fourth-order valence-corrected chi connectivity index (χ4v) is 5.68. The summed E-state index contributed by atoms with van der Waals surface area (Å²) in [5.74, 6) is 0.555. The lowest BCUT2D eigenvalue weighted by Crippen LogP contribution is -2.35. The van der Waals surface area contributed by atoms with Gasteiger partial charge in [-0.05, 0) is 66.9 Å². The molecule has 0 spiro atoms. The van der Waals surface area contributed by atoms with Gasteiger partial charge in [0.2, 0.25) is 10.0 Å². The van der Waals surface area contributed by atoms with Crippen LogP contribution in [0.5, 0.6) is 0 Å². The van der Waals surface area contributed by atoms with Crippen LogP contribution in [0.25, 0.3) is 0 Å². The first-order valence-electron chi connectivity index (χ1n) is 11.0. The van der Waals surface area contributed by atoms with Crippen molar-refractivity contribution in [1.82, 2.24) is 9.29 Å². The van der Waals surface area contributed by atoms with Gasteiger partial charge in [-0.15, -0.1) is 0 Å². The van der Waals surface area contributed by atoms with Gasteiger partial charge in [0, 0.05) is 36.4 Å². The van der Waals surface area contributed by atoms with Crippen molar-refractivity contribution >= 4 is 33.2 Å². The summed E-state index contributed by atoms with van der Waals surface area (Å²) in [4.78, 5) is 19.6. The molecule has 0 amide bonds. The molecular weight excluding hydrogens is 458 g/mol. The average molecular weight is 484 g/mol. The summed E-state index contributed by atoms with van der Waals surface area (Å²) in [6, 6.07) is 19.3. The number of pyridine rings is 1. The van der Waals surface area contributed by atoms with E-state index in [1.54, 1.807) is 24.4 Å². The van der Waals surface area contributed by atoms with Gasteiger partial charge in [-0.1, -0.05) is 36.2 Å². The normalized spacial score (nSPS) is 14.7. The van der Waals surface area contributed by atoms with Crippen molar-refractivity contribution in [2.75, 3.05) is 24.5 Å². The predicted octanol–water partition coefficient (Wildman–Crippen LogP) is 4.80. The summed E-state index contributed by atoms with van der Waals surface area (Å²) >= 11 is 6.13. The monoisotopic (exact) mass is 483 g/mol. The highest BCUT2D eigenvalue weighted by Crippen LogP contribution is 2.22. The average Bonchev–Trinajstić information content (AvgIpc) is 2.85. The van der Waals surface area contributed by atoms with Crippen molar-refractivity contribution in [3.63, 3.8) is 0 Å². The highest BCUT2D eigenvalue weighted by Gasteiger charge is 2.26. The van der Waals surface area contributed by atoms with Crippen LogP contribution in [0.4, 0.5) is 5.82 Å². The number of benzene rings is 2. The molecule has 1 saturated heterocycles. The molecule has 0 unspecified atom stereocenters. The summed E-state index contributed by atoms with van der Waals surface area (Å²) in [7, 11) is -3.53. The zero-order valence-electron chi connectivity index (χ0n) is 18.2. The number of carbonyl (C=O) groups is 1. The molecule has 2 aromatic carbocycles. The van der Waals surface area contributed by atoms with Crippen LogP contribution in [0, 0.1) is 0 Å². The lowest BCUT2D eigenvalue weighted by Gasteiger charge is -2.26. The first-order valence-corrected chi connectivity index (χ1v) is 12.8. The number of hydrogen-bond donors (Lipinski definition) is 0. The number of rotatable bonds is 8. The number of anilines is 1. The number of piperidine rings is 1. The lowest BCUT2D eigenvalue weighted by molar-refractivity contribution is 0.0998. The van der Waals surface area contributed by atoms with Crippen LogP contribution in [-0.4, -0.2) is 43.1 Å². The molecule has 0 aliphatic carbocycles. The Balaban J connectivity index is 1.51. The van der Waals surface area contributed by atoms with Gasteiger partial charge in [-0.2, -0.15) is 4.31 Å². The van der Waals surface area contributed by atoms with Crippen LogP contribution < -0.4 is 4.90 Å². The second kappa shape index (κ2) is 10.5. The second-order valence-corrected chi connectivity index (χ2v) is 10.5. The molecule has 172 valence electrons. The third kappa shape index (κ3) is 5.79. The minimum absolute atomic E-state index is 0.0990. The molecule has 4 rings (SSSR count). The van der Waals surface area contributed by atoms with E-state index in [9.17, 15) is 13.2 Å². The first kappa shape index (κ1) is 23.4. The molecule has 3 aromatic rings. The number of halogens is 1. The van der Waals surface area contributed by atoms with E-state index in [2.05, 4.69) is 4.98 Å². The third-order valence-corrected chi connectivity index (χ3v) is 7.85. The van der Waals surface area contributed by atoms with Crippen molar-refractivity contribution in [1.29, 1.82) is 0 Å². The summed E-state index contributed by atoms with van der Waals surface area (Å²) in [6.45, 7) is 1.66. The summed E-state index contributed by atoms with van der Waals surface area (Å²) in [6.07, 6.45) is 4.50. The lowest BCUT2D eigenvalue weighted by atomic mass is 10.1. The van der Waals surface area contributed by atoms with Crippen LogP contribution in [0.2, 0.25) is 5.02 Å². The molecule has 1 aliphatic rings. The van der Waals surface area contributed by atoms with Crippen molar-refractivity contribution < 1.29 is 13.2 Å². The molecule has 0 N–H and O–H groups in total. The van der Waals surface area contributed by atoms with E-state index in [-0.39, 0.29) is 17.2 Å². The number of ketones is 1. The van der Waals surface area contributed by atoms with Gasteiger partial charge in [0.15, 0.2) is 5.78 Å². The maximum absolute atomic E-state index is 13.1. The summed E-state index contributed by atoms with van der Waals surface area (Å²) in [5, 5.41) is 0.630. The minimum Gasteiger partial charge on any atom is -0.345 e. The molecule has 1 aromatic heterocycles. The predicted molar refractivity (Wildman–Crippen MR) is 130 cm³/mol. The van der Waals surface area contributed by atoms with Gasteiger partial charge in [0.25, 0.3) is 0 Å². The zero-order chi connectivity index (χ0) is 23.3. The summed E-state index contributed by atoms with van der Waals surface area (Å²) < 4.78 is 27.3. The molecule has 8 heteroatoms. The zero-order valence-corrected chi connectivity index (χ0v) is 19.8. The van der Waals surface area contributed by atoms with Crippen LogP contribution in [-0.2, 0) is 16.6 Å². The molecule has 0 bridgehead atoms. The third-order valence-electron chi connectivity index (χ3n) is 5.70. The van der Waals surface area contributed by atoms with E-state index < -0.39 is 10.0 Å². The number of carbonyl (C=O) groups excluding carboxylic acids is 1. The van der Waals surface area contributed by atoms with Gasteiger partial charge in [-0.25, -0.2) is 13.4 Å². The number of aromatic nitrogens is 1.